The molecule has 1 aromatic heterocycles. The van der Waals surface area contributed by atoms with Gasteiger partial charge in [0.15, 0.2) is 0 Å². The van der Waals surface area contributed by atoms with Gasteiger partial charge in [0.2, 0.25) is 0 Å². The highest BCUT2D eigenvalue weighted by Crippen LogP contribution is 2.36. The van der Waals surface area contributed by atoms with Crippen molar-refractivity contribution in [2.45, 2.75) is 57.2 Å². The predicted octanol–water partition coefficient (Wildman–Crippen LogP) is 4.01. The summed E-state index contributed by atoms with van der Waals surface area (Å²) >= 11 is 5.43. The van der Waals surface area contributed by atoms with Crippen LogP contribution in [0.1, 0.15) is 44.4 Å². The van der Waals surface area contributed by atoms with Crippen molar-refractivity contribution in [2.75, 3.05) is 13.1 Å². The lowest BCUT2D eigenvalue weighted by atomic mass is 9.87. The molecule has 0 radical (unpaired) electrons. The minimum atomic E-state index is 0.254. The van der Waals surface area contributed by atoms with E-state index in [4.69, 9.17) is 0 Å². The van der Waals surface area contributed by atoms with Crippen LogP contribution in [0.4, 0.5) is 0 Å². The van der Waals surface area contributed by atoms with Crippen molar-refractivity contribution in [3.63, 3.8) is 0 Å². The number of piperazine rings is 1. The number of nitrogens with one attached hydrogen (secondary N) is 1. The molecule has 3 rings (SSSR count). The molecule has 1 aliphatic heterocycles. The van der Waals surface area contributed by atoms with Gasteiger partial charge in [0.25, 0.3) is 0 Å². The van der Waals surface area contributed by atoms with Crippen molar-refractivity contribution in [3.8, 4) is 0 Å². The van der Waals surface area contributed by atoms with Crippen LogP contribution in [-0.4, -0.2) is 29.1 Å². The van der Waals surface area contributed by atoms with Gasteiger partial charge in [-0.25, -0.2) is 0 Å². The Morgan fingerprint density at radius 2 is 2.11 bits per heavy atom. The van der Waals surface area contributed by atoms with Gasteiger partial charge >= 0.3 is 0 Å². The predicted molar refractivity (Wildman–Crippen MR) is 85.7 cm³/mol. The average molecular weight is 343 g/mol. The van der Waals surface area contributed by atoms with Gasteiger partial charge in [0.1, 0.15) is 0 Å². The summed E-state index contributed by atoms with van der Waals surface area (Å²) in [7, 11) is 0. The molecule has 0 bridgehead atoms. The number of hydrogen-bond donors (Lipinski definition) is 1. The Kier molecular flexibility index (Phi) is 3.80. The molecule has 1 aliphatic carbocycles. The van der Waals surface area contributed by atoms with E-state index in [9.17, 15) is 0 Å². The lowest BCUT2D eigenvalue weighted by Gasteiger charge is -2.51. The van der Waals surface area contributed by atoms with Crippen molar-refractivity contribution in [3.05, 3.63) is 20.8 Å². The van der Waals surface area contributed by atoms with Crippen LogP contribution >= 0.6 is 27.3 Å². The number of thiophene rings is 1. The second kappa shape index (κ2) is 5.14. The van der Waals surface area contributed by atoms with Gasteiger partial charge in [-0.2, -0.15) is 0 Å². The summed E-state index contributed by atoms with van der Waals surface area (Å²) < 4.78 is 1.22. The van der Waals surface area contributed by atoms with E-state index in [0.29, 0.717) is 5.54 Å². The Bertz CT molecular complexity index is 449. The molecule has 0 amide bonds. The van der Waals surface area contributed by atoms with Gasteiger partial charge in [-0.1, -0.05) is 12.8 Å². The van der Waals surface area contributed by atoms with Crippen molar-refractivity contribution in [1.82, 2.24) is 10.2 Å². The van der Waals surface area contributed by atoms with Gasteiger partial charge in [-0.15, -0.1) is 11.3 Å². The largest absolute Gasteiger partial charge is 0.308 e. The highest BCUT2D eigenvalue weighted by atomic mass is 79.9. The van der Waals surface area contributed by atoms with Crippen molar-refractivity contribution < 1.29 is 0 Å². The van der Waals surface area contributed by atoms with Crippen LogP contribution in [-0.2, 0) is 6.54 Å². The van der Waals surface area contributed by atoms with E-state index in [0.717, 1.165) is 13.1 Å². The third-order valence-corrected chi connectivity index (χ3v) is 6.46. The first-order chi connectivity index (χ1) is 8.99. The fourth-order valence-corrected chi connectivity index (χ4v) is 4.90. The molecule has 2 fully saturated rings. The Labute approximate surface area is 128 Å². The van der Waals surface area contributed by atoms with Gasteiger partial charge in [0, 0.05) is 45.4 Å². The topological polar surface area (TPSA) is 15.3 Å². The quantitative estimate of drug-likeness (QED) is 0.873. The number of rotatable bonds is 2. The van der Waals surface area contributed by atoms with Crippen molar-refractivity contribution in [1.29, 1.82) is 0 Å². The molecular weight excluding hydrogens is 320 g/mol. The van der Waals surface area contributed by atoms with Crippen molar-refractivity contribution in [2.24, 2.45) is 0 Å². The smallest absolute Gasteiger partial charge is 0.0334 e. The normalized spacial score (nSPS) is 26.1. The molecule has 106 valence electrons. The monoisotopic (exact) mass is 342 g/mol. The van der Waals surface area contributed by atoms with Gasteiger partial charge in [0.05, 0.1) is 0 Å². The molecule has 1 saturated carbocycles. The Hall–Kier alpha value is 0.1000. The molecule has 1 aromatic rings. The molecule has 2 nitrogen and oxygen atoms in total. The minimum absolute atomic E-state index is 0.254. The zero-order valence-corrected chi connectivity index (χ0v) is 14.2. The maximum Gasteiger partial charge on any atom is 0.0334 e. The van der Waals surface area contributed by atoms with E-state index in [2.05, 4.69) is 51.4 Å². The Balaban J connectivity index is 1.76. The Morgan fingerprint density at radius 3 is 2.74 bits per heavy atom. The van der Waals surface area contributed by atoms with E-state index in [1.54, 1.807) is 0 Å². The highest BCUT2D eigenvalue weighted by molar-refractivity contribution is 9.10. The van der Waals surface area contributed by atoms with Crippen LogP contribution in [0.25, 0.3) is 0 Å². The molecule has 2 aliphatic rings. The maximum absolute atomic E-state index is 3.86. The fourth-order valence-electron chi connectivity index (χ4n) is 3.43. The number of halogens is 1. The summed E-state index contributed by atoms with van der Waals surface area (Å²) in [4.78, 5) is 4.16. The van der Waals surface area contributed by atoms with Crippen LogP contribution in [0.15, 0.2) is 15.9 Å². The lowest BCUT2D eigenvalue weighted by Crippen LogP contribution is -2.66. The third kappa shape index (κ3) is 2.92. The fraction of sp³-hybridized carbons (Fsp3) is 0.733. The average Bonchev–Trinajstić information content (AvgIpc) is 2.95. The van der Waals surface area contributed by atoms with Crippen LogP contribution < -0.4 is 5.32 Å². The van der Waals surface area contributed by atoms with Crippen LogP contribution in [0, 0.1) is 0 Å². The van der Waals surface area contributed by atoms with E-state index < -0.39 is 0 Å². The maximum atomic E-state index is 3.86. The van der Waals surface area contributed by atoms with Crippen LogP contribution in [0.3, 0.4) is 0 Å². The SMILES string of the molecule is CC1(C)CNC2(CCCC2)CN1Cc1cc(Br)cs1. The van der Waals surface area contributed by atoms with Crippen molar-refractivity contribution >= 4 is 27.3 Å². The first-order valence-corrected chi connectivity index (χ1v) is 8.89. The molecule has 2 heterocycles. The van der Waals surface area contributed by atoms with Crippen LogP contribution in [0.5, 0.6) is 0 Å². The first kappa shape index (κ1) is 14.1. The standard InChI is InChI=1S/C15H23BrN2S/c1-14(2)10-17-15(5-3-4-6-15)11-18(14)8-13-7-12(16)9-19-13/h7,9,17H,3-6,8,10-11H2,1-2H3. The Morgan fingerprint density at radius 1 is 1.37 bits per heavy atom. The van der Waals surface area contributed by atoms with E-state index in [-0.39, 0.29) is 5.54 Å². The highest BCUT2D eigenvalue weighted by Gasteiger charge is 2.44. The molecule has 0 unspecified atom stereocenters. The number of nitrogens with zero attached hydrogens (tertiary/aromatic N) is 1. The first-order valence-electron chi connectivity index (χ1n) is 7.22. The minimum Gasteiger partial charge on any atom is -0.308 e. The summed E-state index contributed by atoms with van der Waals surface area (Å²) in [5, 5.41) is 6.05. The molecular formula is C15H23BrN2S. The van der Waals surface area contributed by atoms with Gasteiger partial charge in [-0.05, 0) is 48.7 Å². The number of hydrogen-bond acceptors (Lipinski definition) is 3. The summed E-state index contributed by atoms with van der Waals surface area (Å²) in [6.45, 7) is 8.14. The molecule has 1 saturated heterocycles. The van der Waals surface area contributed by atoms with Gasteiger partial charge in [-0.3, -0.25) is 4.90 Å². The summed E-state index contributed by atoms with van der Waals surface area (Å²) in [6, 6.07) is 2.27. The molecule has 0 aromatic carbocycles. The molecule has 1 spiro atoms. The second-order valence-corrected chi connectivity index (χ2v) is 8.65. The van der Waals surface area contributed by atoms with E-state index >= 15 is 0 Å². The molecule has 4 heteroatoms. The molecule has 1 N–H and O–H groups in total. The molecule has 19 heavy (non-hydrogen) atoms. The summed E-state index contributed by atoms with van der Waals surface area (Å²) in [6.07, 6.45) is 5.50. The lowest BCUT2D eigenvalue weighted by molar-refractivity contribution is 0.0225. The zero-order chi connectivity index (χ0) is 13.5. The zero-order valence-electron chi connectivity index (χ0n) is 11.8. The van der Waals surface area contributed by atoms with Crippen LogP contribution in [0.2, 0.25) is 0 Å². The second-order valence-electron chi connectivity index (χ2n) is 6.74. The summed E-state index contributed by atoms with van der Waals surface area (Å²) in [5.74, 6) is 0. The summed E-state index contributed by atoms with van der Waals surface area (Å²) in [5.41, 5.74) is 0.661. The van der Waals surface area contributed by atoms with E-state index in [1.165, 1.54) is 41.6 Å². The van der Waals surface area contributed by atoms with Gasteiger partial charge < -0.3 is 5.32 Å². The van der Waals surface area contributed by atoms with E-state index in [1.807, 2.05) is 11.3 Å². The molecule has 0 atom stereocenters. The third-order valence-electron chi connectivity index (χ3n) is 4.77.